The number of amides is 4. The Morgan fingerprint density at radius 3 is 2.31 bits per heavy atom. The Morgan fingerprint density at radius 1 is 0.948 bits per heavy atom. The predicted octanol–water partition coefficient (Wildman–Crippen LogP) is 8.50. The molecule has 0 radical (unpaired) electrons. The summed E-state index contributed by atoms with van der Waals surface area (Å²) in [7, 11) is 1.40. The summed E-state index contributed by atoms with van der Waals surface area (Å²) in [5.74, 6) is -6.99. The number of benzene rings is 3. The van der Waals surface area contributed by atoms with Crippen LogP contribution in [0.4, 0.5) is 24.7 Å². The van der Waals surface area contributed by atoms with Crippen LogP contribution in [0.2, 0.25) is 10.0 Å². The van der Waals surface area contributed by atoms with Gasteiger partial charge in [0.1, 0.15) is 0 Å². The largest absolute Gasteiger partial charge is 0.504 e. The van der Waals surface area contributed by atoms with Crippen molar-refractivity contribution in [2.24, 2.45) is 29.6 Å². The number of fused-ring (bicyclic) bond motifs is 4. The highest BCUT2D eigenvalue weighted by Crippen LogP contribution is 2.62. The quantitative estimate of drug-likeness (QED) is 0.134. The van der Waals surface area contributed by atoms with E-state index in [2.05, 4.69) is 17.0 Å². The number of nitrogens with one attached hydrogen (secondary N) is 1. The molecule has 2 N–H and O–H groups in total. The fourth-order valence-electron chi connectivity index (χ4n) is 9.05. The number of hydrogen-bond donors (Lipinski definition) is 2. The molecule has 6 atom stereocenters. The topological polar surface area (TPSA) is 129 Å². The Hall–Kier alpha value is -5.92. The van der Waals surface area contributed by atoms with Gasteiger partial charge in [0, 0.05) is 17.1 Å². The van der Waals surface area contributed by atoms with Crippen LogP contribution in [0.3, 0.4) is 0 Å². The lowest BCUT2D eigenvalue weighted by Gasteiger charge is -2.49. The fourth-order valence-corrected chi connectivity index (χ4v) is 9.38. The molecule has 2 saturated heterocycles. The summed E-state index contributed by atoms with van der Waals surface area (Å²) in [4.78, 5) is 63.7. The lowest BCUT2D eigenvalue weighted by atomic mass is 9.50. The highest BCUT2D eigenvalue weighted by Gasteiger charge is 2.69. The number of halogens is 5. The number of pyridine rings is 1. The molecule has 3 heterocycles. The Balaban J connectivity index is 1.28. The van der Waals surface area contributed by atoms with Crippen LogP contribution in [0.5, 0.6) is 11.5 Å². The maximum absolute atomic E-state index is 15.3. The zero-order valence-electron chi connectivity index (χ0n) is 30.5. The van der Waals surface area contributed by atoms with Gasteiger partial charge in [-0.3, -0.25) is 29.5 Å². The van der Waals surface area contributed by atoms with Gasteiger partial charge in [0.25, 0.3) is 11.8 Å². The number of aromatic nitrogens is 1. The Bertz CT molecular complexity index is 2460. The van der Waals surface area contributed by atoms with Gasteiger partial charge in [-0.15, -0.1) is 0 Å². The number of phenols is 1. The number of carbonyl (C=O) groups excluding carboxylic acids is 4. The summed E-state index contributed by atoms with van der Waals surface area (Å²) < 4.78 is 45.8. The van der Waals surface area contributed by atoms with E-state index in [0.29, 0.717) is 39.7 Å². The number of aromatic hydroxyl groups is 1. The van der Waals surface area contributed by atoms with E-state index >= 15 is 4.79 Å². The first-order valence-corrected chi connectivity index (χ1v) is 18.9. The molecule has 2 aliphatic heterocycles. The SMILES string of the molecule is C=Cc1ccc(N2C(=O)C3CC=C4C(CC5C(=O)N(Nc6ncc(C(F)(F)F)cc6Cl)C(=O)C5(c5ccc(Cl)cc5)C4C=Cc4ccc(O)c(OC)c4)C3C2=O)cc1. The molecule has 4 aliphatic rings. The molecule has 8 rings (SSSR count). The fraction of sp³-hybridized carbons (Fsp3) is 0.233. The third-order valence-corrected chi connectivity index (χ3v) is 12.2. The van der Waals surface area contributed by atoms with Crippen LogP contribution in [0.25, 0.3) is 12.2 Å². The van der Waals surface area contributed by atoms with E-state index < -0.39 is 69.5 Å². The second-order valence-corrected chi connectivity index (χ2v) is 15.4. The van der Waals surface area contributed by atoms with Crippen molar-refractivity contribution in [1.82, 2.24) is 9.99 Å². The molecule has 15 heteroatoms. The van der Waals surface area contributed by atoms with E-state index in [1.54, 1.807) is 78.9 Å². The average molecular weight is 830 g/mol. The Kier molecular flexibility index (Phi) is 9.72. The molecular weight excluding hydrogens is 796 g/mol. The van der Waals surface area contributed by atoms with Crippen molar-refractivity contribution in [3.8, 4) is 11.5 Å². The molecular formula is C43H33Cl2F3N4O6. The molecule has 1 saturated carbocycles. The lowest BCUT2D eigenvalue weighted by Crippen LogP contribution is -2.54. The van der Waals surface area contributed by atoms with Crippen LogP contribution in [0, 0.1) is 29.6 Å². The number of anilines is 2. The van der Waals surface area contributed by atoms with Gasteiger partial charge in [-0.2, -0.15) is 18.2 Å². The number of imide groups is 2. The summed E-state index contributed by atoms with van der Waals surface area (Å²) >= 11 is 12.6. The number of methoxy groups -OCH3 is 1. The van der Waals surface area contributed by atoms with Crippen molar-refractivity contribution in [1.29, 1.82) is 0 Å². The van der Waals surface area contributed by atoms with Crippen molar-refractivity contribution < 1.29 is 42.2 Å². The lowest BCUT2D eigenvalue weighted by molar-refractivity contribution is -0.139. The molecule has 296 valence electrons. The number of alkyl halides is 3. The number of carbonyl (C=O) groups is 4. The van der Waals surface area contributed by atoms with Gasteiger partial charge in [0.2, 0.25) is 11.8 Å². The van der Waals surface area contributed by atoms with E-state index in [9.17, 15) is 32.7 Å². The van der Waals surface area contributed by atoms with E-state index in [1.165, 1.54) is 18.1 Å². The van der Waals surface area contributed by atoms with Crippen molar-refractivity contribution in [3.63, 3.8) is 0 Å². The molecule has 2 aliphatic carbocycles. The molecule has 6 unspecified atom stereocenters. The molecule has 4 aromatic rings. The van der Waals surface area contributed by atoms with Crippen LogP contribution in [0.1, 0.15) is 35.1 Å². The molecule has 4 amide bonds. The molecule has 3 fully saturated rings. The number of hydrazine groups is 1. The van der Waals surface area contributed by atoms with Crippen LogP contribution in [-0.2, 0) is 30.8 Å². The zero-order valence-corrected chi connectivity index (χ0v) is 32.1. The number of allylic oxidation sites excluding steroid dienone is 3. The maximum Gasteiger partial charge on any atom is 0.417 e. The van der Waals surface area contributed by atoms with Gasteiger partial charge in [-0.25, -0.2) is 4.98 Å². The molecule has 10 nitrogen and oxygen atoms in total. The molecule has 0 spiro atoms. The van der Waals surface area contributed by atoms with Gasteiger partial charge in [-0.1, -0.05) is 90.0 Å². The van der Waals surface area contributed by atoms with Gasteiger partial charge in [0.15, 0.2) is 17.3 Å². The minimum absolute atomic E-state index is 0.0355. The monoisotopic (exact) mass is 828 g/mol. The molecule has 58 heavy (non-hydrogen) atoms. The van der Waals surface area contributed by atoms with Crippen LogP contribution in [-0.4, -0.2) is 45.8 Å². The molecule has 1 aromatic heterocycles. The minimum Gasteiger partial charge on any atom is -0.504 e. The highest BCUT2D eigenvalue weighted by molar-refractivity contribution is 6.33. The first kappa shape index (κ1) is 38.9. The second-order valence-electron chi connectivity index (χ2n) is 14.6. The van der Waals surface area contributed by atoms with Crippen molar-refractivity contribution in [2.45, 2.75) is 24.4 Å². The van der Waals surface area contributed by atoms with Crippen molar-refractivity contribution in [2.75, 3.05) is 17.4 Å². The van der Waals surface area contributed by atoms with Gasteiger partial charge < -0.3 is 9.84 Å². The highest BCUT2D eigenvalue weighted by atomic mass is 35.5. The average Bonchev–Trinajstić information content (AvgIpc) is 3.59. The first-order valence-electron chi connectivity index (χ1n) is 18.2. The van der Waals surface area contributed by atoms with E-state index in [1.807, 2.05) is 6.08 Å². The Labute approximate surface area is 340 Å². The maximum atomic E-state index is 15.3. The molecule has 0 bridgehead atoms. The van der Waals surface area contributed by atoms with Crippen LogP contribution in [0.15, 0.2) is 103 Å². The summed E-state index contributed by atoms with van der Waals surface area (Å²) in [5, 5.41) is 10.9. The number of rotatable bonds is 8. The number of hydrogen-bond acceptors (Lipinski definition) is 8. The van der Waals surface area contributed by atoms with Gasteiger partial charge >= 0.3 is 6.18 Å². The van der Waals surface area contributed by atoms with Gasteiger partial charge in [0.05, 0.1) is 46.6 Å². The zero-order chi connectivity index (χ0) is 41.3. The predicted molar refractivity (Wildman–Crippen MR) is 210 cm³/mol. The van der Waals surface area contributed by atoms with Crippen molar-refractivity contribution in [3.05, 3.63) is 136 Å². The number of phenolic OH excluding ortho intramolecular Hbond substituents is 1. The third kappa shape index (κ3) is 6.15. The van der Waals surface area contributed by atoms with Gasteiger partial charge in [-0.05, 0) is 77.9 Å². The normalized spacial score (nSPS) is 25.4. The number of ether oxygens (including phenoxy) is 1. The number of nitrogens with zero attached hydrogens (tertiary/aromatic N) is 3. The second kappa shape index (κ2) is 14.5. The van der Waals surface area contributed by atoms with Crippen molar-refractivity contribution >= 4 is 70.5 Å². The third-order valence-electron chi connectivity index (χ3n) is 11.7. The van der Waals surface area contributed by atoms with E-state index in [0.717, 1.165) is 10.6 Å². The van der Waals surface area contributed by atoms with Crippen LogP contribution < -0.4 is 15.1 Å². The smallest absolute Gasteiger partial charge is 0.417 e. The summed E-state index contributed by atoms with van der Waals surface area (Å²) in [6.45, 7) is 3.77. The Morgan fingerprint density at radius 2 is 1.66 bits per heavy atom. The minimum atomic E-state index is -4.76. The molecule has 3 aromatic carbocycles. The first-order chi connectivity index (χ1) is 27.7. The van der Waals surface area contributed by atoms with Crippen LogP contribution >= 0.6 is 23.2 Å². The summed E-state index contributed by atoms with van der Waals surface area (Å²) in [6, 6.07) is 18.6. The standard InChI is InChI=1S/C43H33Cl2F3N4O6/c1-3-22-4-12-27(13-5-22)51-38(54)29-15-14-28-30(36(29)40(51)56)20-32-39(55)52(50-37-33(45)19-25(21-49-37)43(46,47)48)41(57)42(32,24-8-10-26(44)11-9-24)31(28)16-6-23-7-17-34(53)35(18-23)58-2/h3-14,16-19,21,29-32,36,53H,1,15,20H2,2H3,(H,49,50). The summed E-state index contributed by atoms with van der Waals surface area (Å²) in [5.41, 5.74) is 2.62. The summed E-state index contributed by atoms with van der Waals surface area (Å²) in [6.07, 6.45) is 2.92. The van der Waals surface area contributed by atoms with E-state index in [4.69, 9.17) is 27.9 Å². The van der Waals surface area contributed by atoms with E-state index in [-0.39, 0.29) is 36.1 Å².